The van der Waals surface area contributed by atoms with Crippen molar-refractivity contribution in [1.29, 1.82) is 0 Å². The summed E-state index contributed by atoms with van der Waals surface area (Å²) in [7, 11) is 0. The number of thioether (sulfide) groups is 1. The van der Waals surface area contributed by atoms with Crippen molar-refractivity contribution in [2.24, 2.45) is 0 Å². The van der Waals surface area contributed by atoms with Crippen LogP contribution in [0.1, 0.15) is 5.76 Å². The van der Waals surface area contributed by atoms with Gasteiger partial charge in [-0.2, -0.15) is 11.8 Å². The summed E-state index contributed by atoms with van der Waals surface area (Å²) in [6.07, 6.45) is 2.71. The van der Waals surface area contributed by atoms with Crippen LogP contribution in [0.2, 0.25) is 0 Å². The molecule has 1 aromatic rings. The highest BCUT2D eigenvalue weighted by Crippen LogP contribution is 2.06. The first-order valence-electron chi connectivity index (χ1n) is 5.49. The van der Waals surface area contributed by atoms with E-state index in [-0.39, 0.29) is 0 Å². The molecule has 1 saturated heterocycles. The minimum absolute atomic E-state index is 0.639. The molecule has 0 spiro atoms. The van der Waals surface area contributed by atoms with E-state index in [0.717, 1.165) is 31.8 Å². The first-order valence-corrected chi connectivity index (χ1v) is 6.65. The van der Waals surface area contributed by atoms with Crippen LogP contribution in [0, 0.1) is 0 Å². The topological polar surface area (TPSA) is 37.2 Å². The monoisotopic (exact) mass is 226 g/mol. The summed E-state index contributed by atoms with van der Waals surface area (Å²) in [6, 6.07) is 4.60. The van der Waals surface area contributed by atoms with Crippen molar-refractivity contribution in [3.63, 3.8) is 0 Å². The molecule has 3 nitrogen and oxygen atoms in total. The largest absolute Gasteiger partial charge is 0.469 e. The van der Waals surface area contributed by atoms with Crippen LogP contribution in [-0.2, 0) is 6.42 Å². The van der Waals surface area contributed by atoms with Gasteiger partial charge in [0.2, 0.25) is 0 Å². The van der Waals surface area contributed by atoms with Crippen molar-refractivity contribution in [2.45, 2.75) is 12.5 Å². The first-order chi connectivity index (χ1) is 7.45. The van der Waals surface area contributed by atoms with Crippen molar-refractivity contribution in [3.8, 4) is 0 Å². The van der Waals surface area contributed by atoms with Crippen molar-refractivity contribution >= 4 is 11.8 Å². The zero-order valence-corrected chi connectivity index (χ0v) is 9.69. The molecule has 1 aliphatic rings. The van der Waals surface area contributed by atoms with E-state index in [2.05, 4.69) is 10.6 Å². The molecule has 0 radical (unpaired) electrons. The normalized spacial score (nSPS) is 21.7. The fourth-order valence-corrected chi connectivity index (χ4v) is 2.64. The molecule has 0 aliphatic carbocycles. The van der Waals surface area contributed by atoms with Gasteiger partial charge in [0.05, 0.1) is 6.26 Å². The second-order valence-corrected chi connectivity index (χ2v) is 4.91. The Kier molecular flexibility index (Phi) is 4.57. The molecule has 2 rings (SSSR count). The second-order valence-electron chi connectivity index (χ2n) is 3.76. The zero-order chi connectivity index (χ0) is 10.3. The molecule has 0 amide bonds. The van der Waals surface area contributed by atoms with Crippen molar-refractivity contribution < 1.29 is 4.42 Å². The van der Waals surface area contributed by atoms with Gasteiger partial charge in [-0.3, -0.25) is 0 Å². The molecular weight excluding hydrogens is 208 g/mol. The average Bonchev–Trinajstić information content (AvgIpc) is 2.79. The van der Waals surface area contributed by atoms with Gasteiger partial charge >= 0.3 is 0 Å². The highest BCUT2D eigenvalue weighted by atomic mass is 32.2. The summed E-state index contributed by atoms with van der Waals surface area (Å²) in [5.41, 5.74) is 0. The van der Waals surface area contributed by atoms with Crippen molar-refractivity contribution in [2.75, 3.05) is 31.1 Å². The molecular formula is C11H18N2OS. The van der Waals surface area contributed by atoms with E-state index >= 15 is 0 Å². The molecule has 84 valence electrons. The first kappa shape index (κ1) is 11.0. The van der Waals surface area contributed by atoms with Crippen LogP contribution in [0.3, 0.4) is 0 Å². The minimum atomic E-state index is 0.639. The molecule has 1 unspecified atom stereocenters. The minimum Gasteiger partial charge on any atom is -0.469 e. The summed E-state index contributed by atoms with van der Waals surface area (Å²) < 4.78 is 5.27. The maximum Gasteiger partial charge on any atom is 0.105 e. The van der Waals surface area contributed by atoms with E-state index in [1.54, 1.807) is 6.26 Å². The summed E-state index contributed by atoms with van der Waals surface area (Å²) in [6.45, 7) is 3.21. The third-order valence-corrected chi connectivity index (χ3v) is 3.65. The van der Waals surface area contributed by atoms with Gasteiger partial charge in [-0.1, -0.05) is 0 Å². The van der Waals surface area contributed by atoms with Gasteiger partial charge in [-0.15, -0.1) is 0 Å². The van der Waals surface area contributed by atoms with Gasteiger partial charge in [0, 0.05) is 43.6 Å². The van der Waals surface area contributed by atoms with Gasteiger partial charge in [-0.05, 0) is 12.1 Å². The lowest BCUT2D eigenvalue weighted by atomic mass is 10.3. The molecule has 2 N–H and O–H groups in total. The lowest BCUT2D eigenvalue weighted by Crippen LogP contribution is -2.44. The summed E-state index contributed by atoms with van der Waals surface area (Å²) in [5.74, 6) is 3.55. The van der Waals surface area contributed by atoms with E-state index in [4.69, 9.17) is 4.42 Å². The van der Waals surface area contributed by atoms with Gasteiger partial charge in [0.25, 0.3) is 0 Å². The Morgan fingerprint density at radius 1 is 1.60 bits per heavy atom. The summed E-state index contributed by atoms with van der Waals surface area (Å²) in [4.78, 5) is 0. The van der Waals surface area contributed by atoms with Gasteiger partial charge < -0.3 is 15.1 Å². The van der Waals surface area contributed by atoms with Crippen molar-refractivity contribution in [3.05, 3.63) is 24.2 Å². The highest BCUT2D eigenvalue weighted by molar-refractivity contribution is 7.99. The SMILES string of the molecule is c1coc(CCNCC2CSCCN2)c1. The standard InChI is InChI=1S/C11H18N2OS/c1-2-11(14-6-1)3-4-12-8-10-9-15-7-5-13-10/h1-2,6,10,12-13H,3-5,7-9H2. The predicted octanol–water partition coefficient (Wildman–Crippen LogP) is 1.12. The van der Waals surface area contributed by atoms with E-state index in [1.165, 1.54) is 11.5 Å². The van der Waals surface area contributed by atoms with E-state index in [1.807, 2.05) is 23.9 Å². The fourth-order valence-electron chi connectivity index (χ4n) is 1.69. The summed E-state index contributed by atoms with van der Waals surface area (Å²) in [5, 5.41) is 6.96. The number of hydrogen-bond donors (Lipinski definition) is 2. The number of rotatable bonds is 5. The second kappa shape index (κ2) is 6.20. The Balaban J connectivity index is 1.54. The van der Waals surface area contributed by atoms with E-state index in [9.17, 15) is 0 Å². The quantitative estimate of drug-likeness (QED) is 0.738. The maximum atomic E-state index is 5.27. The van der Waals surface area contributed by atoms with E-state index < -0.39 is 0 Å². The number of furan rings is 1. The average molecular weight is 226 g/mol. The molecule has 15 heavy (non-hydrogen) atoms. The van der Waals surface area contributed by atoms with Gasteiger partial charge in [-0.25, -0.2) is 0 Å². The molecule has 1 aromatic heterocycles. The maximum absolute atomic E-state index is 5.27. The van der Waals surface area contributed by atoms with E-state index in [0.29, 0.717) is 6.04 Å². The Bertz CT molecular complexity index is 258. The van der Waals surface area contributed by atoms with Crippen LogP contribution >= 0.6 is 11.8 Å². The molecule has 0 aromatic carbocycles. The van der Waals surface area contributed by atoms with Crippen LogP contribution in [0.4, 0.5) is 0 Å². The van der Waals surface area contributed by atoms with Gasteiger partial charge in [0.1, 0.15) is 5.76 Å². The van der Waals surface area contributed by atoms with Crippen molar-refractivity contribution in [1.82, 2.24) is 10.6 Å². The Morgan fingerprint density at radius 3 is 3.33 bits per heavy atom. The molecule has 1 fully saturated rings. The zero-order valence-electron chi connectivity index (χ0n) is 8.87. The third-order valence-electron chi connectivity index (χ3n) is 2.52. The Hall–Kier alpha value is -0.450. The number of hydrogen-bond acceptors (Lipinski definition) is 4. The molecule has 1 aliphatic heterocycles. The van der Waals surface area contributed by atoms with Crippen LogP contribution in [0.15, 0.2) is 22.8 Å². The lowest BCUT2D eigenvalue weighted by molar-refractivity contribution is 0.480. The van der Waals surface area contributed by atoms with Gasteiger partial charge in [0.15, 0.2) is 0 Å². The molecule has 0 bridgehead atoms. The Morgan fingerprint density at radius 2 is 2.60 bits per heavy atom. The molecule has 0 saturated carbocycles. The number of nitrogens with one attached hydrogen (secondary N) is 2. The molecule has 4 heteroatoms. The van der Waals surface area contributed by atoms with Crippen LogP contribution in [-0.4, -0.2) is 37.2 Å². The lowest BCUT2D eigenvalue weighted by Gasteiger charge is -2.23. The smallest absolute Gasteiger partial charge is 0.105 e. The van der Waals surface area contributed by atoms with Crippen LogP contribution < -0.4 is 10.6 Å². The molecule has 1 atom stereocenters. The highest BCUT2D eigenvalue weighted by Gasteiger charge is 2.11. The summed E-state index contributed by atoms with van der Waals surface area (Å²) >= 11 is 2.04. The van der Waals surface area contributed by atoms with Crippen LogP contribution in [0.5, 0.6) is 0 Å². The Labute approximate surface area is 95.0 Å². The fraction of sp³-hybridized carbons (Fsp3) is 0.636. The third kappa shape index (κ3) is 3.89. The molecule has 2 heterocycles. The predicted molar refractivity (Wildman–Crippen MR) is 64.4 cm³/mol. The van der Waals surface area contributed by atoms with Crippen LogP contribution in [0.25, 0.3) is 0 Å².